The normalized spacial score (nSPS) is 13.1. The van der Waals surface area contributed by atoms with Crippen LogP contribution >= 0.6 is 23.2 Å². The lowest BCUT2D eigenvalue weighted by Crippen LogP contribution is -2.54. The summed E-state index contributed by atoms with van der Waals surface area (Å²) in [5.41, 5.74) is 1.51. The number of nitrogens with one attached hydrogen (secondary N) is 1. The number of rotatable bonds is 12. The highest BCUT2D eigenvalue weighted by Gasteiger charge is 2.33. The average Bonchev–Trinajstić information content (AvgIpc) is 2.92. The molecule has 0 aromatic heterocycles. The molecule has 0 bridgehead atoms. The largest absolute Gasteiger partial charge is 0.352 e. The van der Waals surface area contributed by atoms with Gasteiger partial charge >= 0.3 is 0 Å². The molecule has 7 nitrogen and oxygen atoms in total. The van der Waals surface area contributed by atoms with E-state index in [1.807, 2.05) is 44.2 Å². The van der Waals surface area contributed by atoms with Gasteiger partial charge in [-0.3, -0.25) is 9.59 Å². The van der Waals surface area contributed by atoms with Gasteiger partial charge in [0.1, 0.15) is 6.04 Å². The van der Waals surface area contributed by atoms with Crippen molar-refractivity contribution in [1.29, 1.82) is 0 Å². The van der Waals surface area contributed by atoms with Crippen molar-refractivity contribution in [3.8, 4) is 0 Å². The van der Waals surface area contributed by atoms with Crippen LogP contribution in [-0.2, 0) is 32.6 Å². The van der Waals surface area contributed by atoms with E-state index in [0.29, 0.717) is 22.0 Å². The lowest BCUT2D eigenvalue weighted by atomic mass is 10.0. The molecule has 0 spiro atoms. The van der Waals surface area contributed by atoms with Crippen LogP contribution in [0.25, 0.3) is 0 Å². The number of sulfonamides is 1. The van der Waals surface area contributed by atoms with Crippen LogP contribution in [0.3, 0.4) is 0 Å². The fourth-order valence-corrected chi connectivity index (χ4v) is 5.40. The molecule has 0 aliphatic carbocycles. The number of amides is 2. The van der Waals surface area contributed by atoms with Gasteiger partial charge in [0, 0.05) is 36.1 Å². The molecule has 2 amide bonds. The number of carbonyl (C=O) groups is 2. The van der Waals surface area contributed by atoms with Crippen LogP contribution in [0, 0.1) is 0 Å². The lowest BCUT2D eigenvalue weighted by Gasteiger charge is -2.33. The molecule has 3 aromatic carbocycles. The Bertz CT molecular complexity index is 1370. The molecule has 10 heteroatoms. The second kappa shape index (κ2) is 13.9. The predicted molar refractivity (Wildman–Crippen MR) is 155 cm³/mol. The van der Waals surface area contributed by atoms with Crippen LogP contribution in [-0.4, -0.2) is 55.1 Å². The summed E-state index contributed by atoms with van der Waals surface area (Å²) in [7, 11) is -2.66. The van der Waals surface area contributed by atoms with E-state index in [1.54, 1.807) is 24.3 Å². The van der Waals surface area contributed by atoms with Crippen molar-refractivity contribution in [2.24, 2.45) is 0 Å². The molecule has 0 aliphatic rings. The number of benzene rings is 3. The van der Waals surface area contributed by atoms with E-state index in [-0.39, 0.29) is 29.8 Å². The molecule has 0 unspecified atom stereocenters. The van der Waals surface area contributed by atoms with Crippen molar-refractivity contribution < 1.29 is 18.0 Å². The van der Waals surface area contributed by atoms with E-state index in [0.717, 1.165) is 9.87 Å². The third-order valence-electron chi connectivity index (χ3n) is 6.45. The minimum Gasteiger partial charge on any atom is -0.352 e. The summed E-state index contributed by atoms with van der Waals surface area (Å²) < 4.78 is 27.4. The summed E-state index contributed by atoms with van der Waals surface area (Å²) in [5.74, 6) is -0.855. The highest BCUT2D eigenvalue weighted by atomic mass is 35.5. The first kappa shape index (κ1) is 30.6. The van der Waals surface area contributed by atoms with Crippen molar-refractivity contribution in [3.05, 3.63) is 100 Å². The first-order valence-corrected chi connectivity index (χ1v) is 14.8. The maximum absolute atomic E-state index is 13.9. The van der Waals surface area contributed by atoms with Gasteiger partial charge in [-0.1, -0.05) is 78.7 Å². The lowest BCUT2D eigenvalue weighted by molar-refractivity contribution is -0.141. The number of hydrogen-bond donors (Lipinski definition) is 1. The topological polar surface area (TPSA) is 86.8 Å². The van der Waals surface area contributed by atoms with Crippen LogP contribution in [0.2, 0.25) is 10.0 Å². The van der Waals surface area contributed by atoms with Gasteiger partial charge in [-0.05, 0) is 54.8 Å². The first-order valence-electron chi connectivity index (χ1n) is 12.6. The average molecular weight is 591 g/mol. The highest BCUT2D eigenvalue weighted by molar-refractivity contribution is 7.89. The fraction of sp³-hybridized carbons (Fsp3) is 0.310. The number of nitrogens with zero attached hydrogens (tertiary/aromatic N) is 2. The summed E-state index contributed by atoms with van der Waals surface area (Å²) in [4.78, 5) is 28.9. The summed E-state index contributed by atoms with van der Waals surface area (Å²) in [6, 6.07) is 21.2. The molecule has 0 heterocycles. The van der Waals surface area contributed by atoms with Crippen LogP contribution in [0.1, 0.15) is 31.4 Å². The molecule has 39 heavy (non-hydrogen) atoms. The maximum Gasteiger partial charge on any atom is 0.243 e. The Morgan fingerprint density at radius 1 is 0.923 bits per heavy atom. The van der Waals surface area contributed by atoms with Crippen LogP contribution in [0.15, 0.2) is 83.8 Å². The predicted octanol–water partition coefficient (Wildman–Crippen LogP) is 5.17. The Kier molecular flexibility index (Phi) is 10.9. The molecular weight excluding hydrogens is 557 g/mol. The second-order valence-corrected chi connectivity index (χ2v) is 12.2. The zero-order valence-electron chi connectivity index (χ0n) is 22.2. The van der Waals surface area contributed by atoms with E-state index in [1.165, 1.54) is 36.2 Å². The Balaban J connectivity index is 1.99. The Hall–Kier alpha value is -2.91. The first-order chi connectivity index (χ1) is 18.5. The molecule has 0 saturated heterocycles. The SMILES string of the molecule is CC[C@H](C)NC(=O)[C@H](Cc1ccccc1)N(Cc1ccccc1Cl)C(=O)CN(C)S(=O)(=O)c1ccc(Cl)cc1. The van der Waals surface area contributed by atoms with Crippen LogP contribution < -0.4 is 5.32 Å². The van der Waals surface area contributed by atoms with Gasteiger partial charge in [-0.15, -0.1) is 0 Å². The summed E-state index contributed by atoms with van der Waals surface area (Å²) >= 11 is 12.4. The fourth-order valence-electron chi connectivity index (χ4n) is 3.96. The standard InChI is InChI=1S/C29H33Cl2N3O4S/c1-4-21(2)32-29(36)27(18-22-10-6-5-7-11-22)34(19-23-12-8-9-13-26(23)31)28(35)20-33(3)39(37,38)25-16-14-24(30)15-17-25/h5-17,21,27H,4,18-20H2,1-3H3,(H,32,36)/t21-,27-/m0/s1. The van der Waals surface area contributed by atoms with E-state index in [9.17, 15) is 18.0 Å². The zero-order valence-corrected chi connectivity index (χ0v) is 24.5. The van der Waals surface area contributed by atoms with Crippen molar-refractivity contribution >= 4 is 45.0 Å². The number of likely N-dealkylation sites (N-methyl/N-ethyl adjacent to an activating group) is 1. The molecule has 0 aliphatic heterocycles. The molecule has 2 atom stereocenters. The van der Waals surface area contributed by atoms with E-state index >= 15 is 0 Å². The Morgan fingerprint density at radius 3 is 2.15 bits per heavy atom. The van der Waals surface area contributed by atoms with Gasteiger partial charge in [-0.2, -0.15) is 4.31 Å². The van der Waals surface area contributed by atoms with Crippen LogP contribution in [0.4, 0.5) is 0 Å². The monoisotopic (exact) mass is 589 g/mol. The molecule has 0 saturated carbocycles. The molecule has 0 fully saturated rings. The van der Waals surface area contributed by atoms with Crippen molar-refractivity contribution in [3.63, 3.8) is 0 Å². The maximum atomic E-state index is 13.9. The van der Waals surface area contributed by atoms with E-state index in [2.05, 4.69) is 5.32 Å². The van der Waals surface area contributed by atoms with E-state index in [4.69, 9.17) is 23.2 Å². The highest BCUT2D eigenvalue weighted by Crippen LogP contribution is 2.22. The molecule has 3 aromatic rings. The van der Waals surface area contributed by atoms with Crippen molar-refractivity contribution in [2.75, 3.05) is 13.6 Å². The molecule has 208 valence electrons. The minimum absolute atomic E-state index is 0.00945. The molecule has 3 rings (SSSR count). The van der Waals surface area contributed by atoms with Gasteiger partial charge in [0.15, 0.2) is 0 Å². The Labute approximate surface area is 240 Å². The summed E-state index contributed by atoms with van der Waals surface area (Å²) in [6.07, 6.45) is 0.956. The zero-order chi connectivity index (χ0) is 28.6. The molecular formula is C29H33Cl2N3O4S. The third kappa shape index (κ3) is 8.29. The van der Waals surface area contributed by atoms with Gasteiger partial charge in [0.2, 0.25) is 21.8 Å². The second-order valence-electron chi connectivity index (χ2n) is 9.35. The molecule has 0 radical (unpaired) electrons. The summed E-state index contributed by atoms with van der Waals surface area (Å²) in [5, 5.41) is 3.83. The van der Waals surface area contributed by atoms with Crippen LogP contribution in [0.5, 0.6) is 0 Å². The summed E-state index contributed by atoms with van der Waals surface area (Å²) in [6.45, 7) is 3.40. The third-order valence-corrected chi connectivity index (χ3v) is 8.89. The van der Waals surface area contributed by atoms with Crippen molar-refractivity contribution in [2.45, 2.75) is 50.2 Å². The number of halogens is 2. The van der Waals surface area contributed by atoms with E-state index < -0.39 is 28.5 Å². The van der Waals surface area contributed by atoms with Gasteiger partial charge in [0.05, 0.1) is 11.4 Å². The minimum atomic E-state index is -3.99. The van der Waals surface area contributed by atoms with Gasteiger partial charge in [0.25, 0.3) is 0 Å². The number of hydrogen-bond acceptors (Lipinski definition) is 4. The Morgan fingerprint density at radius 2 is 1.54 bits per heavy atom. The quantitative estimate of drug-likeness (QED) is 0.316. The van der Waals surface area contributed by atoms with Gasteiger partial charge < -0.3 is 10.2 Å². The number of carbonyl (C=O) groups excluding carboxylic acids is 2. The van der Waals surface area contributed by atoms with Gasteiger partial charge in [-0.25, -0.2) is 8.42 Å². The van der Waals surface area contributed by atoms with Crippen molar-refractivity contribution in [1.82, 2.24) is 14.5 Å². The smallest absolute Gasteiger partial charge is 0.243 e. The molecule has 1 N–H and O–H groups in total.